The maximum Gasteiger partial charge on any atom is 0.340 e. The van der Waals surface area contributed by atoms with Crippen molar-refractivity contribution in [1.82, 2.24) is 9.99 Å². The summed E-state index contributed by atoms with van der Waals surface area (Å²) < 4.78 is 12.1. The second-order valence-corrected chi connectivity index (χ2v) is 6.98. The Morgan fingerprint density at radius 3 is 2.56 bits per heavy atom. The SMILES string of the molecule is CCOC(=O)c1ccccc1-n1c(C)cc(/C=N\NC(=O)c2ccc(OC)cc2O)c1C. The van der Waals surface area contributed by atoms with Gasteiger partial charge in [0.2, 0.25) is 0 Å². The summed E-state index contributed by atoms with van der Waals surface area (Å²) in [6, 6.07) is 13.5. The molecule has 2 aromatic carbocycles. The summed E-state index contributed by atoms with van der Waals surface area (Å²) in [5.74, 6) is -0.705. The number of phenolic OH excluding ortho intramolecular Hbond substituents is 1. The van der Waals surface area contributed by atoms with E-state index >= 15 is 0 Å². The van der Waals surface area contributed by atoms with E-state index in [0.717, 1.165) is 17.0 Å². The molecule has 0 radical (unpaired) electrons. The highest BCUT2D eigenvalue weighted by molar-refractivity contribution is 5.97. The molecule has 0 atom stereocenters. The molecule has 32 heavy (non-hydrogen) atoms. The highest BCUT2D eigenvalue weighted by atomic mass is 16.5. The first-order valence-corrected chi connectivity index (χ1v) is 10.0. The number of hydrogen-bond donors (Lipinski definition) is 2. The van der Waals surface area contributed by atoms with Crippen LogP contribution >= 0.6 is 0 Å². The van der Waals surface area contributed by atoms with Crippen molar-refractivity contribution < 1.29 is 24.2 Å². The van der Waals surface area contributed by atoms with Gasteiger partial charge in [0.15, 0.2) is 0 Å². The molecule has 0 bridgehead atoms. The van der Waals surface area contributed by atoms with E-state index < -0.39 is 11.9 Å². The summed E-state index contributed by atoms with van der Waals surface area (Å²) in [7, 11) is 1.47. The number of aromatic hydroxyl groups is 1. The fourth-order valence-electron chi connectivity index (χ4n) is 3.39. The number of hydrogen-bond acceptors (Lipinski definition) is 6. The van der Waals surface area contributed by atoms with Crippen LogP contribution in [0.25, 0.3) is 5.69 Å². The van der Waals surface area contributed by atoms with Crippen molar-refractivity contribution in [3.8, 4) is 17.2 Å². The Morgan fingerprint density at radius 2 is 1.88 bits per heavy atom. The molecule has 3 aromatic rings. The lowest BCUT2D eigenvalue weighted by Crippen LogP contribution is -2.17. The third-order valence-corrected chi connectivity index (χ3v) is 4.93. The van der Waals surface area contributed by atoms with E-state index in [-0.39, 0.29) is 17.9 Å². The van der Waals surface area contributed by atoms with Crippen molar-refractivity contribution in [1.29, 1.82) is 0 Å². The Hall–Kier alpha value is -4.07. The van der Waals surface area contributed by atoms with Crippen molar-refractivity contribution in [3.05, 3.63) is 76.6 Å². The minimum absolute atomic E-state index is 0.0804. The first-order chi connectivity index (χ1) is 15.4. The molecule has 1 aromatic heterocycles. The summed E-state index contributed by atoms with van der Waals surface area (Å²) >= 11 is 0. The lowest BCUT2D eigenvalue weighted by atomic mass is 10.1. The zero-order valence-electron chi connectivity index (χ0n) is 18.4. The number of rotatable bonds is 7. The van der Waals surface area contributed by atoms with Crippen LogP contribution in [0.2, 0.25) is 0 Å². The molecule has 0 saturated heterocycles. The van der Waals surface area contributed by atoms with Gasteiger partial charge in [0.1, 0.15) is 11.5 Å². The number of ether oxygens (including phenoxy) is 2. The number of phenols is 1. The fourth-order valence-corrected chi connectivity index (χ4v) is 3.39. The van der Waals surface area contributed by atoms with Crippen LogP contribution in [-0.2, 0) is 4.74 Å². The number of esters is 1. The zero-order valence-corrected chi connectivity index (χ0v) is 18.4. The number of aromatic nitrogens is 1. The summed E-state index contributed by atoms with van der Waals surface area (Å²) in [6.07, 6.45) is 1.52. The van der Waals surface area contributed by atoms with Gasteiger partial charge in [-0.25, -0.2) is 10.2 Å². The summed E-state index contributed by atoms with van der Waals surface area (Å²) in [5, 5.41) is 14.0. The number of carbonyl (C=O) groups is 2. The molecule has 0 spiro atoms. The number of para-hydroxylation sites is 1. The molecule has 3 rings (SSSR count). The van der Waals surface area contributed by atoms with Crippen LogP contribution in [0.1, 0.15) is 44.6 Å². The second-order valence-electron chi connectivity index (χ2n) is 6.98. The van der Waals surface area contributed by atoms with Crippen molar-refractivity contribution in [2.45, 2.75) is 20.8 Å². The van der Waals surface area contributed by atoms with Crippen LogP contribution < -0.4 is 10.2 Å². The average Bonchev–Trinajstić information content (AvgIpc) is 3.06. The van der Waals surface area contributed by atoms with Gasteiger partial charge in [-0.05, 0) is 51.1 Å². The molecule has 8 nitrogen and oxygen atoms in total. The van der Waals surface area contributed by atoms with Crippen LogP contribution in [0.5, 0.6) is 11.5 Å². The van der Waals surface area contributed by atoms with Gasteiger partial charge in [0.05, 0.1) is 36.7 Å². The topological polar surface area (TPSA) is 102 Å². The number of amides is 1. The Bertz CT molecular complexity index is 1180. The van der Waals surface area contributed by atoms with Gasteiger partial charge in [-0.15, -0.1) is 0 Å². The van der Waals surface area contributed by atoms with Crippen molar-refractivity contribution in [2.24, 2.45) is 5.10 Å². The van der Waals surface area contributed by atoms with Gasteiger partial charge in [-0.2, -0.15) is 5.10 Å². The van der Waals surface area contributed by atoms with Crippen LogP contribution in [-0.4, -0.2) is 41.5 Å². The molecule has 1 amide bonds. The molecule has 166 valence electrons. The van der Waals surface area contributed by atoms with Crippen LogP contribution in [0.15, 0.2) is 53.6 Å². The molecule has 0 aliphatic carbocycles. The summed E-state index contributed by atoms with van der Waals surface area (Å²) in [5.41, 5.74) is 6.15. The predicted octanol–water partition coefficient (Wildman–Crippen LogP) is 3.75. The van der Waals surface area contributed by atoms with E-state index in [4.69, 9.17) is 9.47 Å². The molecule has 2 N–H and O–H groups in total. The predicted molar refractivity (Wildman–Crippen MR) is 121 cm³/mol. The molecule has 0 saturated carbocycles. The number of methoxy groups -OCH3 is 1. The number of benzene rings is 2. The highest BCUT2D eigenvalue weighted by Gasteiger charge is 2.17. The van der Waals surface area contributed by atoms with E-state index in [0.29, 0.717) is 17.0 Å². The Morgan fingerprint density at radius 1 is 1.12 bits per heavy atom. The smallest absolute Gasteiger partial charge is 0.340 e. The van der Waals surface area contributed by atoms with Crippen molar-refractivity contribution in [3.63, 3.8) is 0 Å². The van der Waals surface area contributed by atoms with Gasteiger partial charge in [0, 0.05) is 23.0 Å². The first-order valence-electron chi connectivity index (χ1n) is 10.0. The zero-order chi connectivity index (χ0) is 23.3. The third kappa shape index (κ3) is 4.64. The summed E-state index contributed by atoms with van der Waals surface area (Å²) in [4.78, 5) is 24.7. The van der Waals surface area contributed by atoms with Crippen LogP contribution in [0.4, 0.5) is 0 Å². The van der Waals surface area contributed by atoms with Crippen LogP contribution in [0.3, 0.4) is 0 Å². The largest absolute Gasteiger partial charge is 0.507 e. The molecule has 1 heterocycles. The van der Waals surface area contributed by atoms with E-state index in [1.54, 1.807) is 25.1 Å². The minimum Gasteiger partial charge on any atom is -0.507 e. The first kappa shape index (κ1) is 22.6. The summed E-state index contributed by atoms with van der Waals surface area (Å²) in [6.45, 7) is 5.87. The highest BCUT2D eigenvalue weighted by Crippen LogP contribution is 2.24. The van der Waals surface area contributed by atoms with Crippen LogP contribution in [0, 0.1) is 13.8 Å². The van der Waals surface area contributed by atoms with E-state index in [1.807, 2.05) is 36.6 Å². The van der Waals surface area contributed by atoms with E-state index in [2.05, 4.69) is 10.5 Å². The third-order valence-electron chi connectivity index (χ3n) is 4.93. The van der Waals surface area contributed by atoms with Crippen molar-refractivity contribution >= 4 is 18.1 Å². The monoisotopic (exact) mass is 435 g/mol. The number of nitrogens with zero attached hydrogens (tertiary/aromatic N) is 2. The molecule has 0 unspecified atom stereocenters. The minimum atomic E-state index is -0.553. The molecular formula is C24H25N3O5. The van der Waals surface area contributed by atoms with Gasteiger partial charge >= 0.3 is 5.97 Å². The van der Waals surface area contributed by atoms with Gasteiger partial charge in [0.25, 0.3) is 5.91 Å². The van der Waals surface area contributed by atoms with E-state index in [1.165, 1.54) is 25.5 Å². The lowest BCUT2D eigenvalue weighted by molar-refractivity contribution is 0.0526. The average molecular weight is 435 g/mol. The Labute approximate surface area is 186 Å². The Kier molecular flexibility index (Phi) is 6.94. The Balaban J connectivity index is 1.84. The lowest BCUT2D eigenvalue weighted by Gasteiger charge is -2.14. The number of nitrogens with one attached hydrogen (secondary N) is 1. The molecular weight excluding hydrogens is 410 g/mol. The quantitative estimate of drug-likeness (QED) is 0.334. The normalized spacial score (nSPS) is 10.9. The molecule has 0 aliphatic rings. The fraction of sp³-hybridized carbons (Fsp3) is 0.208. The molecule has 0 aliphatic heterocycles. The second kappa shape index (κ2) is 9.82. The number of hydrazone groups is 1. The standard InChI is InChI=1S/C24H25N3O5/c1-5-32-24(30)19-8-6-7-9-21(19)27-15(2)12-17(16(27)3)14-25-26-23(29)20-11-10-18(31-4)13-22(20)28/h6-14,28H,5H2,1-4H3,(H,26,29)/b25-14-. The maximum absolute atomic E-state index is 12.4. The molecule has 0 fully saturated rings. The number of carbonyl (C=O) groups excluding carboxylic acids is 2. The number of aryl methyl sites for hydroxylation is 1. The maximum atomic E-state index is 12.4. The van der Waals surface area contributed by atoms with Gasteiger partial charge in [-0.1, -0.05) is 12.1 Å². The van der Waals surface area contributed by atoms with Gasteiger partial charge in [-0.3, -0.25) is 4.79 Å². The van der Waals surface area contributed by atoms with Crippen molar-refractivity contribution in [2.75, 3.05) is 13.7 Å². The van der Waals surface area contributed by atoms with Gasteiger partial charge < -0.3 is 19.1 Å². The molecule has 8 heteroatoms. The van der Waals surface area contributed by atoms with E-state index in [9.17, 15) is 14.7 Å².